The van der Waals surface area contributed by atoms with E-state index in [0.717, 1.165) is 39.3 Å². The first-order valence-electron chi connectivity index (χ1n) is 11.4. The SMILES string of the molecule is CSC.Cc1cc(C2C(=O)N(Cc3ccccc3Cl)c3ccccc32)cc(C)c1OC(C)(C)C. The van der Waals surface area contributed by atoms with Crippen LogP contribution in [0.1, 0.15) is 54.5 Å². The van der Waals surface area contributed by atoms with Gasteiger partial charge < -0.3 is 9.64 Å². The summed E-state index contributed by atoms with van der Waals surface area (Å²) in [5.41, 5.74) is 5.72. The third-order valence-corrected chi connectivity index (χ3v) is 5.93. The maximum Gasteiger partial charge on any atom is 0.239 e. The Morgan fingerprint density at radius 2 is 1.53 bits per heavy atom. The molecule has 0 aliphatic carbocycles. The summed E-state index contributed by atoms with van der Waals surface area (Å²) in [4.78, 5) is 15.5. The Morgan fingerprint density at radius 1 is 0.971 bits per heavy atom. The average Bonchev–Trinajstić information content (AvgIpc) is 3.03. The van der Waals surface area contributed by atoms with Gasteiger partial charge >= 0.3 is 0 Å². The molecule has 3 nitrogen and oxygen atoms in total. The number of carbonyl (C=O) groups excluding carboxylic acids is 1. The lowest BCUT2D eigenvalue weighted by Gasteiger charge is -2.25. The molecule has 1 heterocycles. The Hall–Kier alpha value is -2.43. The molecule has 180 valence electrons. The van der Waals surface area contributed by atoms with Crippen molar-refractivity contribution in [2.75, 3.05) is 17.4 Å². The van der Waals surface area contributed by atoms with Crippen molar-refractivity contribution in [3.05, 3.63) is 93.5 Å². The molecule has 1 atom stereocenters. The van der Waals surface area contributed by atoms with Gasteiger partial charge in [0.25, 0.3) is 0 Å². The molecule has 4 rings (SSSR count). The fourth-order valence-electron chi connectivity index (χ4n) is 4.28. The smallest absolute Gasteiger partial charge is 0.239 e. The van der Waals surface area contributed by atoms with Gasteiger partial charge in [0.05, 0.1) is 12.5 Å². The molecule has 0 fully saturated rings. The van der Waals surface area contributed by atoms with Crippen LogP contribution in [0.5, 0.6) is 5.75 Å². The number of aryl methyl sites for hydroxylation is 2. The van der Waals surface area contributed by atoms with Gasteiger partial charge in [-0.25, -0.2) is 0 Å². The quantitative estimate of drug-likeness (QED) is 0.370. The third kappa shape index (κ3) is 5.79. The molecule has 0 N–H and O–H groups in total. The number of hydrogen-bond donors (Lipinski definition) is 0. The summed E-state index contributed by atoms with van der Waals surface area (Å²) in [7, 11) is 0. The monoisotopic (exact) mass is 495 g/mol. The number of fused-ring (bicyclic) bond motifs is 1. The van der Waals surface area contributed by atoms with Crippen LogP contribution >= 0.6 is 23.4 Å². The summed E-state index contributed by atoms with van der Waals surface area (Å²) in [5.74, 6) is 0.632. The van der Waals surface area contributed by atoms with Crippen LogP contribution in [0.3, 0.4) is 0 Å². The highest BCUT2D eigenvalue weighted by Gasteiger charge is 2.38. The number of benzene rings is 3. The Morgan fingerprint density at radius 3 is 2.12 bits per heavy atom. The molecule has 0 aromatic heterocycles. The predicted molar refractivity (Wildman–Crippen MR) is 147 cm³/mol. The van der Waals surface area contributed by atoms with E-state index >= 15 is 0 Å². The van der Waals surface area contributed by atoms with Crippen LogP contribution in [0.15, 0.2) is 60.7 Å². The van der Waals surface area contributed by atoms with E-state index in [2.05, 4.69) is 18.2 Å². The molecule has 0 bridgehead atoms. The Labute approximate surface area is 213 Å². The Bertz CT molecular complexity index is 1150. The van der Waals surface area contributed by atoms with E-state index in [0.29, 0.717) is 11.6 Å². The number of carbonyl (C=O) groups is 1. The van der Waals surface area contributed by atoms with Gasteiger partial charge in [-0.15, -0.1) is 0 Å². The number of halogens is 1. The molecule has 1 aliphatic rings. The summed E-state index contributed by atoms with van der Waals surface area (Å²) in [6.45, 7) is 10.7. The number of rotatable bonds is 4. The Kier molecular flexibility index (Phi) is 8.38. The zero-order valence-corrected chi connectivity index (χ0v) is 22.7. The summed E-state index contributed by atoms with van der Waals surface area (Å²) >= 11 is 8.14. The van der Waals surface area contributed by atoms with E-state index in [1.165, 1.54) is 0 Å². The van der Waals surface area contributed by atoms with Crippen LogP contribution in [0, 0.1) is 13.8 Å². The number of thioether (sulfide) groups is 1. The van der Waals surface area contributed by atoms with Crippen molar-refractivity contribution in [3.63, 3.8) is 0 Å². The number of anilines is 1. The number of nitrogens with zero attached hydrogens (tertiary/aromatic N) is 1. The zero-order chi connectivity index (χ0) is 25.0. The average molecular weight is 496 g/mol. The van der Waals surface area contributed by atoms with Crippen molar-refractivity contribution >= 4 is 35.0 Å². The molecule has 0 saturated heterocycles. The second kappa shape index (κ2) is 10.9. The minimum atomic E-state index is -0.334. The fraction of sp³-hybridized carbons (Fsp3) is 0.345. The number of ether oxygens (including phenoxy) is 1. The summed E-state index contributed by atoms with van der Waals surface area (Å²) < 4.78 is 6.18. The summed E-state index contributed by atoms with van der Waals surface area (Å²) in [6.07, 6.45) is 4.08. The van der Waals surface area contributed by atoms with E-state index in [9.17, 15) is 4.79 Å². The first kappa shape index (κ1) is 26.2. The van der Waals surface area contributed by atoms with Gasteiger partial charge in [0.2, 0.25) is 5.91 Å². The number of para-hydroxylation sites is 1. The molecule has 0 spiro atoms. The van der Waals surface area contributed by atoms with Crippen molar-refractivity contribution in [2.45, 2.75) is 52.7 Å². The molecular formula is C29H34ClNO2S. The summed E-state index contributed by atoms with van der Waals surface area (Å²) in [6, 6.07) is 19.9. The molecule has 1 unspecified atom stereocenters. The molecule has 3 aromatic carbocycles. The van der Waals surface area contributed by atoms with Gasteiger partial charge in [-0.3, -0.25) is 4.79 Å². The van der Waals surface area contributed by atoms with Crippen LogP contribution < -0.4 is 9.64 Å². The minimum Gasteiger partial charge on any atom is -0.488 e. The van der Waals surface area contributed by atoms with Gasteiger partial charge in [0.15, 0.2) is 0 Å². The largest absolute Gasteiger partial charge is 0.488 e. The van der Waals surface area contributed by atoms with Crippen molar-refractivity contribution in [3.8, 4) is 5.75 Å². The van der Waals surface area contributed by atoms with Crippen LogP contribution in [0.25, 0.3) is 0 Å². The first-order valence-corrected chi connectivity index (χ1v) is 13.4. The lowest BCUT2D eigenvalue weighted by atomic mass is 9.90. The normalized spacial score (nSPS) is 15.0. The van der Waals surface area contributed by atoms with E-state index in [4.69, 9.17) is 16.3 Å². The highest BCUT2D eigenvalue weighted by molar-refractivity contribution is 7.97. The zero-order valence-electron chi connectivity index (χ0n) is 21.1. The molecular weight excluding hydrogens is 462 g/mol. The van der Waals surface area contributed by atoms with E-state index in [1.54, 1.807) is 11.8 Å². The standard InChI is InChI=1S/C27H28ClNO2.C2H6S/c1-17-14-20(15-18(2)25(17)31-27(3,4)5)24-21-11-7-9-13-23(21)29(26(24)30)16-19-10-6-8-12-22(19)28;1-3-2/h6-15,24H,16H2,1-5H3;1-2H3. The molecule has 0 radical (unpaired) electrons. The first-order chi connectivity index (χ1) is 16.1. The van der Waals surface area contributed by atoms with Crippen molar-refractivity contribution in [1.29, 1.82) is 0 Å². The third-order valence-electron chi connectivity index (χ3n) is 5.56. The van der Waals surface area contributed by atoms with Gasteiger partial charge in [0.1, 0.15) is 11.4 Å². The molecule has 3 aromatic rings. The van der Waals surface area contributed by atoms with E-state index < -0.39 is 0 Å². The maximum atomic E-state index is 13.7. The molecule has 0 saturated carbocycles. The van der Waals surface area contributed by atoms with Crippen molar-refractivity contribution < 1.29 is 9.53 Å². The maximum absolute atomic E-state index is 13.7. The Balaban J connectivity index is 0.00000103. The van der Waals surface area contributed by atoms with Gasteiger partial charge in [-0.1, -0.05) is 60.1 Å². The van der Waals surface area contributed by atoms with Crippen molar-refractivity contribution in [2.24, 2.45) is 0 Å². The minimum absolute atomic E-state index is 0.0735. The lowest BCUT2D eigenvalue weighted by Crippen LogP contribution is -2.29. The van der Waals surface area contributed by atoms with Crippen LogP contribution in [0.2, 0.25) is 5.02 Å². The molecule has 5 heteroatoms. The molecule has 1 aliphatic heterocycles. The van der Waals surface area contributed by atoms with Crippen LogP contribution in [0.4, 0.5) is 5.69 Å². The second-order valence-electron chi connectivity index (χ2n) is 9.61. The van der Waals surface area contributed by atoms with Crippen molar-refractivity contribution in [1.82, 2.24) is 0 Å². The summed E-state index contributed by atoms with van der Waals surface area (Å²) in [5, 5.41) is 0.673. The van der Waals surface area contributed by atoms with Crippen LogP contribution in [-0.4, -0.2) is 24.0 Å². The molecule has 34 heavy (non-hydrogen) atoms. The number of amides is 1. The fourth-order valence-corrected chi connectivity index (χ4v) is 4.48. The van der Waals surface area contributed by atoms with Gasteiger partial charge in [-0.2, -0.15) is 11.8 Å². The van der Waals surface area contributed by atoms with E-state index in [1.807, 2.05) is 94.5 Å². The number of hydrogen-bond acceptors (Lipinski definition) is 3. The highest BCUT2D eigenvalue weighted by atomic mass is 35.5. The topological polar surface area (TPSA) is 29.5 Å². The second-order valence-corrected chi connectivity index (χ2v) is 10.8. The molecule has 1 amide bonds. The van der Waals surface area contributed by atoms with Crippen LogP contribution in [-0.2, 0) is 11.3 Å². The lowest BCUT2D eigenvalue weighted by molar-refractivity contribution is -0.118. The highest BCUT2D eigenvalue weighted by Crippen LogP contribution is 2.43. The van der Waals surface area contributed by atoms with E-state index in [-0.39, 0.29) is 17.4 Å². The van der Waals surface area contributed by atoms with Gasteiger partial charge in [-0.05, 0) is 87.1 Å². The predicted octanol–water partition coefficient (Wildman–Crippen LogP) is 7.79. The van der Waals surface area contributed by atoms with Gasteiger partial charge in [0, 0.05) is 10.7 Å².